The highest BCUT2D eigenvalue weighted by atomic mass is 35.5. The Kier molecular flexibility index (Phi) is 8.62. The number of rotatable bonds is 9. The number of nitrogens with two attached hydrogens (primary N) is 1. The molecule has 2 atom stereocenters. The van der Waals surface area contributed by atoms with Crippen LogP contribution in [0.3, 0.4) is 0 Å². The Hall–Kier alpha value is -2.65. The molecule has 10 heteroatoms. The van der Waals surface area contributed by atoms with Gasteiger partial charge in [0, 0.05) is 29.9 Å². The number of hydrogen-bond acceptors (Lipinski definition) is 7. The average molecular weight is 506 g/mol. The Morgan fingerprint density at radius 2 is 1.91 bits per heavy atom. The molecule has 1 saturated carbocycles. The van der Waals surface area contributed by atoms with Gasteiger partial charge in [-0.1, -0.05) is 30.9 Å². The lowest BCUT2D eigenvalue weighted by Gasteiger charge is -2.36. The van der Waals surface area contributed by atoms with Crippen molar-refractivity contribution in [3.8, 4) is 0 Å². The number of carbonyl (C=O) groups excluding carboxylic acids is 3. The SMILES string of the molecule is NC(=O)OCCC(CC(C(=O)N1CCOCC1)C1CCCCC1)C(=O)c1nc2cc(Cl)ccc2o1. The van der Waals surface area contributed by atoms with Crippen molar-refractivity contribution in [1.29, 1.82) is 0 Å². The molecular weight excluding hydrogens is 474 g/mol. The third-order valence-corrected chi connectivity index (χ3v) is 7.27. The van der Waals surface area contributed by atoms with Gasteiger partial charge in [0.25, 0.3) is 5.89 Å². The topological polar surface area (TPSA) is 125 Å². The molecule has 0 radical (unpaired) electrons. The smallest absolute Gasteiger partial charge is 0.404 e. The zero-order valence-electron chi connectivity index (χ0n) is 19.7. The lowest BCUT2D eigenvalue weighted by Crippen LogP contribution is -2.46. The Labute approximate surface area is 209 Å². The Balaban J connectivity index is 1.59. The summed E-state index contributed by atoms with van der Waals surface area (Å²) in [5, 5.41) is 0.490. The first-order valence-electron chi connectivity index (χ1n) is 12.3. The van der Waals surface area contributed by atoms with E-state index in [0.717, 1.165) is 32.1 Å². The monoisotopic (exact) mass is 505 g/mol. The van der Waals surface area contributed by atoms with Gasteiger partial charge in [-0.25, -0.2) is 9.78 Å². The van der Waals surface area contributed by atoms with Crippen LogP contribution in [0.4, 0.5) is 4.79 Å². The van der Waals surface area contributed by atoms with Crippen LogP contribution in [0.5, 0.6) is 0 Å². The quantitative estimate of drug-likeness (QED) is 0.506. The zero-order chi connectivity index (χ0) is 24.8. The van der Waals surface area contributed by atoms with Gasteiger partial charge >= 0.3 is 6.09 Å². The molecule has 2 amide bonds. The number of oxazole rings is 1. The average Bonchev–Trinajstić information content (AvgIpc) is 3.29. The highest BCUT2D eigenvalue weighted by Gasteiger charge is 2.37. The van der Waals surface area contributed by atoms with Crippen molar-refractivity contribution in [3.05, 3.63) is 29.1 Å². The number of Topliss-reactive ketones (excluding diaryl/α,β-unsaturated/α-hetero) is 1. The first-order valence-corrected chi connectivity index (χ1v) is 12.7. The number of halogens is 1. The van der Waals surface area contributed by atoms with Gasteiger partial charge in [0.15, 0.2) is 5.58 Å². The maximum atomic E-state index is 13.7. The maximum absolute atomic E-state index is 13.7. The number of nitrogens with zero attached hydrogens (tertiary/aromatic N) is 2. The summed E-state index contributed by atoms with van der Waals surface area (Å²) in [4.78, 5) is 44.6. The molecule has 0 spiro atoms. The molecule has 0 bridgehead atoms. The first kappa shape index (κ1) is 25.4. The molecule has 190 valence electrons. The minimum atomic E-state index is -0.902. The summed E-state index contributed by atoms with van der Waals surface area (Å²) in [6.07, 6.45) is 4.89. The molecule has 2 aliphatic rings. The van der Waals surface area contributed by atoms with Crippen LogP contribution >= 0.6 is 11.6 Å². The van der Waals surface area contributed by atoms with Crippen LogP contribution < -0.4 is 5.73 Å². The van der Waals surface area contributed by atoms with E-state index < -0.39 is 12.0 Å². The highest BCUT2D eigenvalue weighted by molar-refractivity contribution is 6.31. The van der Waals surface area contributed by atoms with Gasteiger partial charge in [-0.2, -0.15) is 0 Å². The second kappa shape index (κ2) is 11.9. The lowest BCUT2D eigenvalue weighted by atomic mass is 9.74. The van der Waals surface area contributed by atoms with Gasteiger partial charge in [-0.15, -0.1) is 0 Å². The van der Waals surface area contributed by atoms with Crippen molar-refractivity contribution in [2.45, 2.75) is 44.9 Å². The van der Waals surface area contributed by atoms with Crippen LogP contribution in [0, 0.1) is 17.8 Å². The summed E-state index contributed by atoms with van der Waals surface area (Å²) in [6, 6.07) is 4.97. The predicted molar refractivity (Wildman–Crippen MR) is 129 cm³/mol. The number of amides is 2. The lowest BCUT2D eigenvalue weighted by molar-refractivity contribution is -0.142. The summed E-state index contributed by atoms with van der Waals surface area (Å²) < 4.78 is 16.1. The van der Waals surface area contributed by atoms with E-state index in [1.54, 1.807) is 18.2 Å². The van der Waals surface area contributed by atoms with Crippen LogP contribution in [0.1, 0.15) is 55.6 Å². The van der Waals surface area contributed by atoms with Gasteiger partial charge in [0.1, 0.15) is 5.52 Å². The molecule has 2 fully saturated rings. The van der Waals surface area contributed by atoms with E-state index in [-0.39, 0.29) is 42.4 Å². The van der Waals surface area contributed by atoms with Crippen molar-refractivity contribution in [1.82, 2.24) is 9.88 Å². The second-order valence-corrected chi connectivity index (χ2v) is 9.76. The molecule has 1 aliphatic heterocycles. The molecule has 1 aromatic heterocycles. The van der Waals surface area contributed by atoms with Gasteiger partial charge in [-0.3, -0.25) is 9.59 Å². The van der Waals surface area contributed by atoms with E-state index in [1.807, 2.05) is 4.90 Å². The van der Waals surface area contributed by atoms with Crippen LogP contribution in [0.2, 0.25) is 5.02 Å². The Morgan fingerprint density at radius 1 is 1.17 bits per heavy atom. The van der Waals surface area contributed by atoms with E-state index in [2.05, 4.69) is 4.98 Å². The number of hydrogen-bond donors (Lipinski definition) is 1. The first-order chi connectivity index (χ1) is 16.9. The summed E-state index contributed by atoms with van der Waals surface area (Å²) in [7, 11) is 0. The summed E-state index contributed by atoms with van der Waals surface area (Å²) >= 11 is 6.05. The molecule has 35 heavy (non-hydrogen) atoms. The third-order valence-electron chi connectivity index (χ3n) is 7.04. The molecule has 2 N–H and O–H groups in total. The molecular formula is C25H32ClN3O6. The molecule has 2 aromatic rings. The van der Waals surface area contributed by atoms with Crippen molar-refractivity contribution in [2.24, 2.45) is 23.5 Å². The van der Waals surface area contributed by atoms with E-state index in [9.17, 15) is 14.4 Å². The van der Waals surface area contributed by atoms with Crippen LogP contribution in [-0.2, 0) is 14.3 Å². The van der Waals surface area contributed by atoms with Crippen LogP contribution in [0.15, 0.2) is 22.6 Å². The molecule has 1 saturated heterocycles. The highest BCUT2D eigenvalue weighted by Crippen LogP contribution is 2.36. The molecule has 1 aromatic carbocycles. The third kappa shape index (κ3) is 6.52. The summed E-state index contributed by atoms with van der Waals surface area (Å²) in [5.74, 6) is -1.01. The van der Waals surface area contributed by atoms with Gasteiger partial charge < -0.3 is 24.5 Å². The number of aromatic nitrogens is 1. The maximum Gasteiger partial charge on any atom is 0.404 e. The minimum Gasteiger partial charge on any atom is -0.450 e. The number of morpholine rings is 1. The minimum absolute atomic E-state index is 0.0269. The number of primary amides is 1. The fraction of sp³-hybridized carbons (Fsp3) is 0.600. The van der Waals surface area contributed by atoms with Gasteiger partial charge in [-0.05, 0) is 49.8 Å². The molecule has 9 nitrogen and oxygen atoms in total. The number of benzene rings is 1. The summed E-state index contributed by atoms with van der Waals surface area (Å²) in [6.45, 7) is 2.11. The normalized spacial score (nSPS) is 18.8. The van der Waals surface area contributed by atoms with E-state index >= 15 is 0 Å². The fourth-order valence-electron chi connectivity index (χ4n) is 5.19. The number of ketones is 1. The molecule has 4 rings (SSSR count). The number of ether oxygens (including phenoxy) is 2. The number of carbonyl (C=O) groups is 3. The second-order valence-electron chi connectivity index (χ2n) is 9.33. The molecule has 2 heterocycles. The van der Waals surface area contributed by atoms with Crippen molar-refractivity contribution < 1.29 is 28.3 Å². The number of fused-ring (bicyclic) bond motifs is 1. The van der Waals surface area contributed by atoms with E-state index in [0.29, 0.717) is 48.8 Å². The molecule has 2 unspecified atom stereocenters. The van der Waals surface area contributed by atoms with E-state index in [4.69, 9.17) is 31.2 Å². The summed E-state index contributed by atoms with van der Waals surface area (Å²) in [5.41, 5.74) is 6.08. The van der Waals surface area contributed by atoms with Gasteiger partial charge in [0.2, 0.25) is 11.7 Å². The van der Waals surface area contributed by atoms with Crippen molar-refractivity contribution in [2.75, 3.05) is 32.9 Å². The largest absolute Gasteiger partial charge is 0.450 e. The van der Waals surface area contributed by atoms with Crippen LogP contribution in [-0.4, -0.2) is 60.6 Å². The zero-order valence-corrected chi connectivity index (χ0v) is 20.5. The molecule has 1 aliphatic carbocycles. The Bertz CT molecular complexity index is 1040. The fourth-order valence-corrected chi connectivity index (χ4v) is 5.36. The van der Waals surface area contributed by atoms with Crippen molar-refractivity contribution >= 4 is 40.5 Å². The van der Waals surface area contributed by atoms with Crippen LogP contribution in [0.25, 0.3) is 11.1 Å². The van der Waals surface area contributed by atoms with Crippen molar-refractivity contribution in [3.63, 3.8) is 0 Å². The predicted octanol–water partition coefficient (Wildman–Crippen LogP) is 4.21. The Morgan fingerprint density at radius 3 is 2.63 bits per heavy atom. The van der Waals surface area contributed by atoms with E-state index in [1.165, 1.54) is 0 Å². The standard InChI is InChI=1S/C25H32ClN3O6/c26-18-6-7-21-20(15-18)28-23(35-21)22(30)17(8-11-34-25(27)32)14-19(16-4-2-1-3-5-16)24(31)29-9-12-33-13-10-29/h6-7,15-17,19H,1-5,8-14H2,(H2,27,32). The van der Waals surface area contributed by atoms with Gasteiger partial charge in [0.05, 0.1) is 19.8 Å².